The lowest BCUT2D eigenvalue weighted by Gasteiger charge is -2.11. The molecule has 0 aliphatic heterocycles. The van der Waals surface area contributed by atoms with Gasteiger partial charge >= 0.3 is 0 Å². The summed E-state index contributed by atoms with van der Waals surface area (Å²) in [6.07, 6.45) is 0. The first-order chi connectivity index (χ1) is 9.66. The molecule has 20 heavy (non-hydrogen) atoms. The van der Waals surface area contributed by atoms with E-state index in [9.17, 15) is 4.79 Å². The van der Waals surface area contributed by atoms with E-state index < -0.39 is 0 Å². The van der Waals surface area contributed by atoms with Gasteiger partial charge in [0.1, 0.15) is 0 Å². The van der Waals surface area contributed by atoms with E-state index in [1.54, 1.807) is 19.0 Å². The standard InChI is InChI=1S/C17H20N2O/c1-19(2)17(20)13-18-12-14-8-10-16(11-9-14)15-6-4-3-5-7-15/h3-11,18H,12-13H2,1-2H3. The van der Waals surface area contributed by atoms with Gasteiger partial charge in [-0.15, -0.1) is 0 Å². The summed E-state index contributed by atoms with van der Waals surface area (Å²) in [4.78, 5) is 13.0. The van der Waals surface area contributed by atoms with E-state index in [1.807, 2.05) is 18.2 Å². The Bertz CT molecular complexity index is 547. The Morgan fingerprint density at radius 3 is 2.15 bits per heavy atom. The fourth-order valence-corrected chi connectivity index (χ4v) is 1.92. The SMILES string of the molecule is CN(C)C(=O)CNCc1ccc(-c2ccccc2)cc1. The van der Waals surface area contributed by atoms with Gasteiger partial charge in [0, 0.05) is 20.6 Å². The normalized spacial score (nSPS) is 10.3. The molecule has 2 aromatic carbocycles. The van der Waals surface area contributed by atoms with Crippen molar-refractivity contribution in [3.05, 3.63) is 60.2 Å². The van der Waals surface area contributed by atoms with Crippen LogP contribution >= 0.6 is 0 Å². The van der Waals surface area contributed by atoms with Gasteiger partial charge in [-0.3, -0.25) is 4.79 Å². The topological polar surface area (TPSA) is 32.3 Å². The molecule has 1 amide bonds. The maximum atomic E-state index is 11.4. The lowest BCUT2D eigenvalue weighted by atomic mass is 10.0. The van der Waals surface area contributed by atoms with Crippen molar-refractivity contribution in [2.75, 3.05) is 20.6 Å². The zero-order valence-corrected chi connectivity index (χ0v) is 12.0. The second kappa shape index (κ2) is 6.87. The smallest absolute Gasteiger partial charge is 0.236 e. The second-order valence-corrected chi connectivity index (χ2v) is 4.95. The molecule has 0 saturated heterocycles. The number of likely N-dealkylation sites (N-methyl/N-ethyl adjacent to an activating group) is 1. The van der Waals surface area contributed by atoms with Crippen LogP contribution in [-0.4, -0.2) is 31.4 Å². The molecule has 0 spiro atoms. The van der Waals surface area contributed by atoms with E-state index in [4.69, 9.17) is 0 Å². The summed E-state index contributed by atoms with van der Waals surface area (Å²) >= 11 is 0. The van der Waals surface area contributed by atoms with Crippen LogP contribution in [0.15, 0.2) is 54.6 Å². The number of hydrogen-bond donors (Lipinski definition) is 1. The number of carbonyl (C=O) groups is 1. The van der Waals surface area contributed by atoms with Crippen LogP contribution in [0.1, 0.15) is 5.56 Å². The first-order valence-electron chi connectivity index (χ1n) is 6.72. The molecule has 0 saturated carbocycles. The Kier molecular flexibility index (Phi) is 4.91. The van der Waals surface area contributed by atoms with Crippen molar-refractivity contribution >= 4 is 5.91 Å². The Balaban J connectivity index is 1.91. The molecule has 104 valence electrons. The highest BCUT2D eigenvalue weighted by atomic mass is 16.2. The van der Waals surface area contributed by atoms with Gasteiger partial charge in [0.15, 0.2) is 0 Å². The van der Waals surface area contributed by atoms with Crippen molar-refractivity contribution in [2.45, 2.75) is 6.54 Å². The monoisotopic (exact) mass is 268 g/mol. The summed E-state index contributed by atoms with van der Waals surface area (Å²) in [7, 11) is 3.53. The van der Waals surface area contributed by atoms with Crippen LogP contribution in [0.2, 0.25) is 0 Å². The van der Waals surface area contributed by atoms with Crippen LogP contribution in [0, 0.1) is 0 Å². The summed E-state index contributed by atoms with van der Waals surface area (Å²) in [5.74, 6) is 0.0888. The molecule has 2 rings (SSSR count). The van der Waals surface area contributed by atoms with Crippen molar-refractivity contribution in [3.8, 4) is 11.1 Å². The predicted octanol–water partition coefficient (Wildman–Crippen LogP) is 2.53. The number of benzene rings is 2. The number of amides is 1. The highest BCUT2D eigenvalue weighted by Crippen LogP contribution is 2.19. The number of rotatable bonds is 5. The summed E-state index contributed by atoms with van der Waals surface area (Å²) in [6, 6.07) is 18.7. The molecular weight excluding hydrogens is 248 g/mol. The van der Waals surface area contributed by atoms with Crippen molar-refractivity contribution < 1.29 is 4.79 Å². The van der Waals surface area contributed by atoms with Crippen molar-refractivity contribution in [1.82, 2.24) is 10.2 Å². The third kappa shape index (κ3) is 3.93. The van der Waals surface area contributed by atoms with Crippen LogP contribution in [0.25, 0.3) is 11.1 Å². The van der Waals surface area contributed by atoms with Gasteiger partial charge in [-0.25, -0.2) is 0 Å². The zero-order valence-electron chi connectivity index (χ0n) is 12.0. The predicted molar refractivity (Wildman–Crippen MR) is 82.3 cm³/mol. The van der Waals surface area contributed by atoms with Crippen LogP contribution in [-0.2, 0) is 11.3 Å². The molecule has 0 unspecified atom stereocenters. The number of carbonyl (C=O) groups excluding carboxylic acids is 1. The summed E-state index contributed by atoms with van der Waals surface area (Å²) in [6.45, 7) is 1.07. The third-order valence-corrected chi connectivity index (χ3v) is 3.17. The summed E-state index contributed by atoms with van der Waals surface area (Å²) < 4.78 is 0. The van der Waals surface area contributed by atoms with Crippen molar-refractivity contribution in [1.29, 1.82) is 0 Å². The van der Waals surface area contributed by atoms with E-state index in [2.05, 4.69) is 41.7 Å². The van der Waals surface area contributed by atoms with E-state index in [1.165, 1.54) is 16.7 Å². The molecule has 1 N–H and O–H groups in total. The quantitative estimate of drug-likeness (QED) is 0.903. The van der Waals surface area contributed by atoms with Gasteiger partial charge in [-0.1, -0.05) is 54.6 Å². The molecule has 0 aromatic heterocycles. The summed E-state index contributed by atoms with van der Waals surface area (Å²) in [5.41, 5.74) is 3.60. The molecule has 0 aliphatic carbocycles. The Morgan fingerprint density at radius 1 is 0.950 bits per heavy atom. The van der Waals surface area contributed by atoms with Crippen molar-refractivity contribution in [2.24, 2.45) is 0 Å². The largest absolute Gasteiger partial charge is 0.348 e. The zero-order chi connectivity index (χ0) is 14.4. The molecule has 3 heteroatoms. The molecular formula is C17H20N2O. The van der Waals surface area contributed by atoms with Gasteiger partial charge in [-0.05, 0) is 16.7 Å². The van der Waals surface area contributed by atoms with Gasteiger partial charge in [0.2, 0.25) is 5.91 Å². The lowest BCUT2D eigenvalue weighted by Crippen LogP contribution is -2.32. The van der Waals surface area contributed by atoms with Crippen LogP contribution in [0.4, 0.5) is 0 Å². The Labute approximate surface area is 120 Å². The average Bonchev–Trinajstić information content (AvgIpc) is 2.48. The minimum Gasteiger partial charge on any atom is -0.348 e. The molecule has 0 atom stereocenters. The minimum absolute atomic E-state index is 0.0888. The molecule has 2 aromatic rings. The summed E-state index contributed by atoms with van der Waals surface area (Å²) in [5, 5.41) is 3.15. The molecule has 0 aliphatic rings. The van der Waals surface area contributed by atoms with Crippen LogP contribution in [0.5, 0.6) is 0 Å². The molecule has 3 nitrogen and oxygen atoms in total. The fraction of sp³-hybridized carbons (Fsp3) is 0.235. The first-order valence-corrected chi connectivity index (χ1v) is 6.72. The van der Waals surface area contributed by atoms with Gasteiger partial charge in [0.25, 0.3) is 0 Å². The number of hydrogen-bond acceptors (Lipinski definition) is 2. The van der Waals surface area contributed by atoms with Crippen LogP contribution in [0.3, 0.4) is 0 Å². The lowest BCUT2D eigenvalue weighted by molar-refractivity contribution is -0.127. The van der Waals surface area contributed by atoms with Gasteiger partial charge in [-0.2, -0.15) is 0 Å². The maximum Gasteiger partial charge on any atom is 0.236 e. The molecule has 0 heterocycles. The minimum atomic E-state index is 0.0888. The van der Waals surface area contributed by atoms with Gasteiger partial charge in [0.05, 0.1) is 6.54 Å². The van der Waals surface area contributed by atoms with Crippen LogP contribution < -0.4 is 5.32 Å². The number of nitrogens with one attached hydrogen (secondary N) is 1. The Morgan fingerprint density at radius 2 is 1.55 bits per heavy atom. The van der Waals surface area contributed by atoms with E-state index >= 15 is 0 Å². The third-order valence-electron chi connectivity index (χ3n) is 3.17. The first kappa shape index (κ1) is 14.3. The second-order valence-electron chi connectivity index (χ2n) is 4.95. The van der Waals surface area contributed by atoms with E-state index in [-0.39, 0.29) is 5.91 Å². The Hall–Kier alpha value is -2.13. The van der Waals surface area contributed by atoms with Gasteiger partial charge < -0.3 is 10.2 Å². The molecule has 0 radical (unpaired) electrons. The van der Waals surface area contributed by atoms with E-state index in [0.717, 1.165) is 0 Å². The molecule has 0 bridgehead atoms. The van der Waals surface area contributed by atoms with E-state index in [0.29, 0.717) is 13.1 Å². The fourth-order valence-electron chi connectivity index (χ4n) is 1.92. The number of nitrogens with zero attached hydrogens (tertiary/aromatic N) is 1. The van der Waals surface area contributed by atoms with Crippen molar-refractivity contribution in [3.63, 3.8) is 0 Å². The highest BCUT2D eigenvalue weighted by Gasteiger charge is 2.02. The average molecular weight is 268 g/mol. The maximum absolute atomic E-state index is 11.4. The molecule has 0 fully saturated rings. The highest BCUT2D eigenvalue weighted by molar-refractivity contribution is 5.77.